The Morgan fingerprint density at radius 3 is 2.94 bits per heavy atom. The zero-order valence-electron chi connectivity index (χ0n) is 9.65. The van der Waals surface area contributed by atoms with Crippen LogP contribution in [-0.2, 0) is 16.1 Å². The van der Waals surface area contributed by atoms with Crippen molar-refractivity contribution in [3.63, 3.8) is 0 Å². The van der Waals surface area contributed by atoms with Gasteiger partial charge in [0.05, 0.1) is 13.2 Å². The number of fused-ring (bicyclic) bond motifs is 1. The molecule has 1 aromatic carbocycles. The van der Waals surface area contributed by atoms with Crippen molar-refractivity contribution in [1.82, 2.24) is 0 Å². The maximum Gasteiger partial charge on any atom is 0.231 e. The minimum atomic E-state index is -0.265. The Morgan fingerprint density at radius 2 is 2.12 bits per heavy atom. The average molecular weight is 259 g/mol. The van der Waals surface area contributed by atoms with Crippen LogP contribution in [-0.4, -0.2) is 25.6 Å². The fourth-order valence-corrected chi connectivity index (χ4v) is 1.59. The average Bonchev–Trinajstić information content (AvgIpc) is 2.81. The van der Waals surface area contributed by atoms with Gasteiger partial charge in [0.15, 0.2) is 17.8 Å². The summed E-state index contributed by atoms with van der Waals surface area (Å²) in [4.78, 5) is 0. The lowest BCUT2D eigenvalue weighted by atomic mass is 10.2. The van der Waals surface area contributed by atoms with Crippen LogP contribution in [0.4, 0.5) is 0 Å². The van der Waals surface area contributed by atoms with Crippen molar-refractivity contribution in [1.29, 1.82) is 0 Å². The van der Waals surface area contributed by atoms with Gasteiger partial charge in [0.1, 0.15) is 0 Å². The van der Waals surface area contributed by atoms with Crippen LogP contribution >= 0.6 is 11.6 Å². The van der Waals surface area contributed by atoms with Crippen molar-refractivity contribution >= 4 is 11.6 Å². The Morgan fingerprint density at radius 1 is 1.29 bits per heavy atom. The highest BCUT2D eigenvalue weighted by Gasteiger charge is 2.13. The quantitative estimate of drug-likeness (QED) is 0.580. The number of rotatable bonds is 6. The minimum Gasteiger partial charge on any atom is -0.454 e. The summed E-state index contributed by atoms with van der Waals surface area (Å²) in [7, 11) is 0. The van der Waals surface area contributed by atoms with Crippen molar-refractivity contribution in [2.45, 2.75) is 19.8 Å². The summed E-state index contributed by atoms with van der Waals surface area (Å²) >= 11 is 5.52. The molecule has 1 atom stereocenters. The summed E-state index contributed by atoms with van der Waals surface area (Å²) in [6, 6.07) is 5.74. The number of alkyl halides is 1. The molecule has 1 aliphatic heterocycles. The molecule has 5 heteroatoms. The number of ether oxygens (including phenoxy) is 4. The third-order valence-electron chi connectivity index (χ3n) is 2.35. The van der Waals surface area contributed by atoms with Gasteiger partial charge >= 0.3 is 0 Å². The number of hydrogen-bond acceptors (Lipinski definition) is 4. The second-order valence-electron chi connectivity index (χ2n) is 3.63. The number of hydrogen-bond donors (Lipinski definition) is 0. The van der Waals surface area contributed by atoms with Crippen molar-refractivity contribution in [3.8, 4) is 11.5 Å². The van der Waals surface area contributed by atoms with E-state index in [2.05, 4.69) is 0 Å². The maximum atomic E-state index is 5.52. The summed E-state index contributed by atoms with van der Waals surface area (Å²) in [5, 5.41) is 0. The highest BCUT2D eigenvalue weighted by atomic mass is 35.5. The molecule has 0 fully saturated rings. The van der Waals surface area contributed by atoms with E-state index < -0.39 is 0 Å². The Kier molecular flexibility index (Phi) is 4.48. The lowest BCUT2D eigenvalue weighted by Gasteiger charge is -2.13. The van der Waals surface area contributed by atoms with Gasteiger partial charge in [-0.25, -0.2) is 0 Å². The Balaban J connectivity index is 1.83. The Hall–Kier alpha value is -0.970. The number of benzene rings is 1. The normalized spacial score (nSPS) is 14.9. The van der Waals surface area contributed by atoms with Crippen LogP contribution in [0.15, 0.2) is 18.2 Å². The van der Waals surface area contributed by atoms with E-state index in [0.717, 1.165) is 17.1 Å². The Labute approximate surface area is 105 Å². The van der Waals surface area contributed by atoms with E-state index in [0.29, 0.717) is 19.1 Å². The monoisotopic (exact) mass is 258 g/mol. The highest BCUT2D eigenvalue weighted by Crippen LogP contribution is 2.32. The molecule has 0 aliphatic carbocycles. The molecule has 1 aliphatic rings. The third kappa shape index (κ3) is 3.49. The lowest BCUT2D eigenvalue weighted by Crippen LogP contribution is -2.14. The lowest BCUT2D eigenvalue weighted by molar-refractivity contribution is -0.133. The zero-order chi connectivity index (χ0) is 12.1. The van der Waals surface area contributed by atoms with Gasteiger partial charge in [-0.1, -0.05) is 6.07 Å². The van der Waals surface area contributed by atoms with Crippen LogP contribution in [0.5, 0.6) is 11.5 Å². The van der Waals surface area contributed by atoms with Gasteiger partial charge in [0, 0.05) is 5.88 Å². The van der Waals surface area contributed by atoms with Crippen LogP contribution in [0.1, 0.15) is 12.5 Å². The van der Waals surface area contributed by atoms with Crippen molar-refractivity contribution < 1.29 is 18.9 Å². The summed E-state index contributed by atoms with van der Waals surface area (Å²) < 4.78 is 21.3. The molecular formula is C12H15ClO4. The van der Waals surface area contributed by atoms with Crippen molar-refractivity contribution in [3.05, 3.63) is 23.8 Å². The highest BCUT2D eigenvalue weighted by molar-refractivity contribution is 6.17. The van der Waals surface area contributed by atoms with E-state index in [-0.39, 0.29) is 13.1 Å². The van der Waals surface area contributed by atoms with Gasteiger partial charge in [-0.15, -0.1) is 11.6 Å². The first-order valence-electron chi connectivity index (χ1n) is 5.47. The van der Waals surface area contributed by atoms with Gasteiger partial charge in [0.25, 0.3) is 0 Å². The van der Waals surface area contributed by atoms with E-state index >= 15 is 0 Å². The van der Waals surface area contributed by atoms with Crippen molar-refractivity contribution in [2.75, 3.05) is 19.3 Å². The van der Waals surface area contributed by atoms with E-state index in [1.165, 1.54) is 0 Å². The van der Waals surface area contributed by atoms with Crippen LogP contribution in [0.3, 0.4) is 0 Å². The topological polar surface area (TPSA) is 36.9 Å². The molecule has 0 aromatic heterocycles. The van der Waals surface area contributed by atoms with E-state index in [4.69, 9.17) is 30.5 Å². The van der Waals surface area contributed by atoms with E-state index in [9.17, 15) is 0 Å². The number of halogens is 1. The van der Waals surface area contributed by atoms with Crippen molar-refractivity contribution in [2.24, 2.45) is 0 Å². The van der Waals surface area contributed by atoms with E-state index in [1.54, 1.807) is 0 Å². The molecule has 1 unspecified atom stereocenters. The van der Waals surface area contributed by atoms with Crippen LogP contribution in [0, 0.1) is 0 Å². The minimum absolute atomic E-state index is 0.265. The molecule has 94 valence electrons. The molecule has 1 heterocycles. The van der Waals surface area contributed by atoms with E-state index in [1.807, 2.05) is 25.1 Å². The first kappa shape index (κ1) is 12.5. The molecule has 0 spiro atoms. The maximum absolute atomic E-state index is 5.52. The largest absolute Gasteiger partial charge is 0.454 e. The molecule has 0 N–H and O–H groups in total. The van der Waals surface area contributed by atoms with Gasteiger partial charge in [-0.05, 0) is 24.6 Å². The molecule has 0 saturated heterocycles. The molecule has 4 nitrogen and oxygen atoms in total. The molecule has 0 bridgehead atoms. The fraction of sp³-hybridized carbons (Fsp3) is 0.500. The molecule has 0 radical (unpaired) electrons. The molecule has 0 amide bonds. The van der Waals surface area contributed by atoms with Gasteiger partial charge < -0.3 is 18.9 Å². The SMILES string of the molecule is CC(OCCCl)OCc1ccc2c(c1)OCO2. The first-order valence-corrected chi connectivity index (χ1v) is 6.01. The Bertz CT molecular complexity index is 370. The summed E-state index contributed by atoms with van der Waals surface area (Å²) in [6.45, 7) is 3.10. The fourth-order valence-electron chi connectivity index (χ4n) is 1.50. The molecular weight excluding hydrogens is 244 g/mol. The molecule has 17 heavy (non-hydrogen) atoms. The standard InChI is InChI=1S/C12H15ClO4/c1-9(14-5-4-13)15-7-10-2-3-11-12(6-10)17-8-16-11/h2-3,6,9H,4-5,7-8H2,1H3. The third-order valence-corrected chi connectivity index (χ3v) is 2.51. The predicted octanol–water partition coefficient (Wildman–Crippen LogP) is 2.53. The summed E-state index contributed by atoms with van der Waals surface area (Å²) in [6.07, 6.45) is -0.265. The summed E-state index contributed by atoms with van der Waals surface area (Å²) in [5.74, 6) is 2.01. The van der Waals surface area contributed by atoms with Crippen LogP contribution in [0.2, 0.25) is 0 Å². The second-order valence-corrected chi connectivity index (χ2v) is 4.00. The molecule has 0 saturated carbocycles. The first-order chi connectivity index (χ1) is 8.29. The predicted molar refractivity (Wildman–Crippen MR) is 63.5 cm³/mol. The molecule has 1 aromatic rings. The van der Waals surface area contributed by atoms with Crippen LogP contribution < -0.4 is 9.47 Å². The smallest absolute Gasteiger partial charge is 0.231 e. The van der Waals surface area contributed by atoms with Gasteiger partial charge in [0.2, 0.25) is 6.79 Å². The second kappa shape index (κ2) is 6.10. The van der Waals surface area contributed by atoms with Crippen LogP contribution in [0.25, 0.3) is 0 Å². The summed E-state index contributed by atoms with van der Waals surface area (Å²) in [5.41, 5.74) is 1.02. The van der Waals surface area contributed by atoms with Gasteiger partial charge in [-0.2, -0.15) is 0 Å². The molecule has 2 rings (SSSR count). The zero-order valence-corrected chi connectivity index (χ0v) is 10.4. The van der Waals surface area contributed by atoms with Gasteiger partial charge in [-0.3, -0.25) is 0 Å².